The highest BCUT2D eigenvalue weighted by atomic mass is 79.9. The molecule has 4 nitrogen and oxygen atoms in total. The molecule has 0 fully saturated rings. The second kappa shape index (κ2) is 6.26. The molecule has 2 N–H and O–H groups in total. The quantitative estimate of drug-likeness (QED) is 0.823. The summed E-state index contributed by atoms with van der Waals surface area (Å²) >= 11 is 6.56. The fourth-order valence-corrected chi connectivity index (χ4v) is 3.04. The van der Waals surface area contributed by atoms with Crippen LogP contribution in [0, 0.1) is 0 Å². The van der Waals surface area contributed by atoms with Crippen molar-refractivity contribution in [2.75, 3.05) is 0 Å². The summed E-state index contributed by atoms with van der Waals surface area (Å²) in [6.45, 7) is 0.261. The van der Waals surface area contributed by atoms with Gasteiger partial charge in [-0.1, -0.05) is 44.0 Å². The number of hydrogen-bond acceptors (Lipinski definition) is 3. The highest BCUT2D eigenvalue weighted by Crippen LogP contribution is 2.27. The summed E-state index contributed by atoms with van der Waals surface area (Å²) in [7, 11) is -3.83. The Morgan fingerprint density at radius 1 is 1.00 bits per heavy atom. The first kappa shape index (κ1) is 15.5. The van der Waals surface area contributed by atoms with Gasteiger partial charge < -0.3 is 4.74 Å². The molecule has 0 bridgehead atoms. The monoisotopic (exact) mass is 419 g/mol. The van der Waals surface area contributed by atoms with E-state index in [0.717, 1.165) is 10.0 Å². The average Bonchev–Trinajstić information content (AvgIpc) is 2.38. The third kappa shape index (κ3) is 4.05. The fourth-order valence-electron chi connectivity index (χ4n) is 1.57. The van der Waals surface area contributed by atoms with Crippen molar-refractivity contribution in [3.8, 4) is 5.75 Å². The van der Waals surface area contributed by atoms with E-state index in [-0.39, 0.29) is 17.3 Å². The topological polar surface area (TPSA) is 69.4 Å². The zero-order valence-corrected chi connectivity index (χ0v) is 14.2. The van der Waals surface area contributed by atoms with Gasteiger partial charge in [-0.15, -0.1) is 0 Å². The van der Waals surface area contributed by atoms with Crippen LogP contribution in [0.15, 0.2) is 56.3 Å². The molecule has 0 amide bonds. The lowest BCUT2D eigenvalue weighted by atomic mass is 10.2. The van der Waals surface area contributed by atoms with Crippen LogP contribution in [0.2, 0.25) is 0 Å². The highest BCUT2D eigenvalue weighted by Gasteiger charge is 2.15. The summed E-state index contributed by atoms with van der Waals surface area (Å²) < 4.78 is 30.2. The minimum Gasteiger partial charge on any atom is -0.487 e. The maximum atomic E-state index is 11.5. The van der Waals surface area contributed by atoms with Gasteiger partial charge in [0, 0.05) is 8.95 Å². The molecule has 0 aliphatic carbocycles. The van der Waals surface area contributed by atoms with Crippen LogP contribution in [0.5, 0.6) is 5.75 Å². The molecule has 0 heterocycles. The molecule has 0 radical (unpaired) electrons. The van der Waals surface area contributed by atoms with Gasteiger partial charge in [-0.25, -0.2) is 13.6 Å². The number of nitrogens with two attached hydrogens (primary N) is 1. The number of hydrogen-bond donors (Lipinski definition) is 1. The van der Waals surface area contributed by atoms with Crippen molar-refractivity contribution in [1.82, 2.24) is 0 Å². The maximum absolute atomic E-state index is 11.5. The Hall–Kier alpha value is -0.890. The molecule has 2 aromatic rings. The van der Waals surface area contributed by atoms with Gasteiger partial charge in [0.1, 0.15) is 17.3 Å². The van der Waals surface area contributed by atoms with Crippen molar-refractivity contribution in [3.05, 3.63) is 57.0 Å². The first-order valence-electron chi connectivity index (χ1n) is 5.56. The van der Waals surface area contributed by atoms with E-state index in [9.17, 15) is 8.42 Å². The molecular formula is C13H11Br2NO3S. The van der Waals surface area contributed by atoms with Gasteiger partial charge in [-0.2, -0.15) is 0 Å². The van der Waals surface area contributed by atoms with E-state index in [1.165, 1.54) is 6.07 Å². The molecule has 0 aliphatic heterocycles. The van der Waals surface area contributed by atoms with Gasteiger partial charge in [0.2, 0.25) is 10.0 Å². The standard InChI is InChI=1S/C13H11Br2NO3S/c14-10-3-1-9(2-4-10)8-19-12-6-5-11(15)7-13(12)20(16,17)18/h1-7H,8H2,(H2,16,17,18). The smallest absolute Gasteiger partial charge is 0.241 e. The molecule has 0 saturated heterocycles. The zero-order chi connectivity index (χ0) is 14.8. The fraction of sp³-hybridized carbons (Fsp3) is 0.0769. The van der Waals surface area contributed by atoms with E-state index in [2.05, 4.69) is 31.9 Å². The number of rotatable bonds is 4. The van der Waals surface area contributed by atoms with E-state index in [1.807, 2.05) is 24.3 Å². The van der Waals surface area contributed by atoms with E-state index < -0.39 is 10.0 Å². The van der Waals surface area contributed by atoms with E-state index in [0.29, 0.717) is 4.47 Å². The minimum absolute atomic E-state index is 0.0380. The Morgan fingerprint density at radius 2 is 1.60 bits per heavy atom. The largest absolute Gasteiger partial charge is 0.487 e. The lowest BCUT2D eigenvalue weighted by molar-refractivity contribution is 0.298. The molecular weight excluding hydrogens is 410 g/mol. The molecule has 0 aromatic heterocycles. The Balaban J connectivity index is 2.23. The van der Waals surface area contributed by atoms with Gasteiger partial charge in [0.25, 0.3) is 0 Å². The van der Waals surface area contributed by atoms with Gasteiger partial charge in [0.15, 0.2) is 0 Å². The number of primary sulfonamides is 1. The predicted molar refractivity (Wildman–Crippen MR) is 84.0 cm³/mol. The summed E-state index contributed by atoms with van der Waals surface area (Å²) in [5.74, 6) is 0.235. The first-order chi connectivity index (χ1) is 9.36. The summed E-state index contributed by atoms with van der Waals surface area (Å²) in [6.07, 6.45) is 0. The first-order valence-corrected chi connectivity index (χ1v) is 8.69. The van der Waals surface area contributed by atoms with Crippen molar-refractivity contribution in [1.29, 1.82) is 0 Å². The number of benzene rings is 2. The van der Waals surface area contributed by atoms with Crippen molar-refractivity contribution in [2.45, 2.75) is 11.5 Å². The van der Waals surface area contributed by atoms with Crippen LogP contribution in [0.25, 0.3) is 0 Å². The van der Waals surface area contributed by atoms with Crippen molar-refractivity contribution in [2.24, 2.45) is 5.14 Å². The molecule has 0 atom stereocenters. The van der Waals surface area contributed by atoms with Crippen LogP contribution in [-0.2, 0) is 16.6 Å². The van der Waals surface area contributed by atoms with Crippen molar-refractivity contribution in [3.63, 3.8) is 0 Å². The SMILES string of the molecule is NS(=O)(=O)c1cc(Br)ccc1OCc1ccc(Br)cc1. The van der Waals surface area contributed by atoms with E-state index in [1.54, 1.807) is 12.1 Å². The van der Waals surface area contributed by atoms with Crippen molar-refractivity contribution < 1.29 is 13.2 Å². The third-order valence-electron chi connectivity index (χ3n) is 2.52. The van der Waals surface area contributed by atoms with Gasteiger partial charge >= 0.3 is 0 Å². The lowest BCUT2D eigenvalue weighted by Crippen LogP contribution is -2.14. The molecule has 0 aliphatic rings. The second-order valence-electron chi connectivity index (χ2n) is 4.05. The molecule has 0 spiro atoms. The Morgan fingerprint density at radius 3 is 2.20 bits per heavy atom. The predicted octanol–water partition coefficient (Wildman–Crippen LogP) is 3.44. The summed E-state index contributed by atoms with van der Waals surface area (Å²) in [4.78, 5) is -0.0380. The normalized spacial score (nSPS) is 11.3. The molecule has 2 aromatic carbocycles. The Bertz CT molecular complexity index is 715. The Labute approximate surface area is 134 Å². The van der Waals surface area contributed by atoms with Crippen LogP contribution in [0.4, 0.5) is 0 Å². The molecule has 0 unspecified atom stereocenters. The zero-order valence-electron chi connectivity index (χ0n) is 10.2. The molecule has 20 heavy (non-hydrogen) atoms. The van der Waals surface area contributed by atoms with Crippen LogP contribution < -0.4 is 9.88 Å². The summed E-state index contributed by atoms with van der Waals surface area (Å²) in [5, 5.41) is 5.18. The van der Waals surface area contributed by atoms with E-state index >= 15 is 0 Å². The summed E-state index contributed by atoms with van der Waals surface area (Å²) in [5.41, 5.74) is 0.927. The second-order valence-corrected chi connectivity index (χ2v) is 7.41. The minimum atomic E-state index is -3.83. The van der Waals surface area contributed by atoms with Crippen LogP contribution >= 0.6 is 31.9 Å². The molecule has 0 saturated carbocycles. The average molecular weight is 421 g/mol. The highest BCUT2D eigenvalue weighted by molar-refractivity contribution is 9.10. The number of sulfonamides is 1. The van der Waals surface area contributed by atoms with Crippen LogP contribution in [-0.4, -0.2) is 8.42 Å². The van der Waals surface area contributed by atoms with Gasteiger partial charge in [-0.3, -0.25) is 0 Å². The third-order valence-corrected chi connectivity index (χ3v) is 4.47. The Kier molecular flexibility index (Phi) is 4.85. The van der Waals surface area contributed by atoms with Gasteiger partial charge in [-0.05, 0) is 35.9 Å². The summed E-state index contributed by atoms with van der Waals surface area (Å²) in [6, 6.07) is 12.3. The molecule has 106 valence electrons. The van der Waals surface area contributed by atoms with Crippen LogP contribution in [0.3, 0.4) is 0 Å². The maximum Gasteiger partial charge on any atom is 0.241 e. The molecule has 7 heteroatoms. The van der Waals surface area contributed by atoms with Gasteiger partial charge in [0.05, 0.1) is 0 Å². The van der Waals surface area contributed by atoms with Crippen LogP contribution in [0.1, 0.15) is 5.56 Å². The number of halogens is 2. The molecule has 2 rings (SSSR count). The number of ether oxygens (including phenoxy) is 1. The van der Waals surface area contributed by atoms with Crippen molar-refractivity contribution >= 4 is 41.9 Å². The van der Waals surface area contributed by atoms with E-state index in [4.69, 9.17) is 9.88 Å². The lowest BCUT2D eigenvalue weighted by Gasteiger charge is -2.10.